The predicted octanol–water partition coefficient (Wildman–Crippen LogP) is 5.62. The maximum atomic E-state index is 13.7. The average Bonchev–Trinajstić information content (AvgIpc) is 3.15. The fourth-order valence-electron chi connectivity index (χ4n) is 4.07. The third-order valence-electron chi connectivity index (χ3n) is 5.67. The van der Waals surface area contributed by atoms with Crippen LogP contribution in [0.4, 0.5) is 5.82 Å². The summed E-state index contributed by atoms with van der Waals surface area (Å²) in [6.07, 6.45) is 0. The number of fused-ring (bicyclic) bond motifs is 1. The highest BCUT2D eigenvalue weighted by Crippen LogP contribution is 2.39. The second kappa shape index (κ2) is 8.17. The Morgan fingerprint density at radius 2 is 1.67 bits per heavy atom. The molecule has 5 rings (SSSR count). The molecule has 0 bridgehead atoms. The van der Waals surface area contributed by atoms with Gasteiger partial charge in [0.2, 0.25) is 9.84 Å². The van der Waals surface area contributed by atoms with Gasteiger partial charge in [0.05, 0.1) is 10.6 Å². The number of hydrogen-bond acceptors (Lipinski definition) is 5. The zero-order chi connectivity index (χ0) is 23.2. The van der Waals surface area contributed by atoms with Crippen LogP contribution in [0.5, 0.6) is 0 Å². The quantitative estimate of drug-likeness (QED) is 0.416. The molecule has 1 aliphatic rings. The molecule has 1 atom stereocenters. The lowest BCUT2D eigenvalue weighted by Gasteiger charge is -2.26. The predicted molar refractivity (Wildman–Crippen MR) is 131 cm³/mol. The van der Waals surface area contributed by atoms with Crippen molar-refractivity contribution in [3.05, 3.63) is 101 Å². The van der Waals surface area contributed by atoms with Crippen LogP contribution in [0.3, 0.4) is 0 Å². The van der Waals surface area contributed by atoms with Gasteiger partial charge in [0.25, 0.3) is 0 Å². The zero-order valence-electron chi connectivity index (χ0n) is 18.0. The van der Waals surface area contributed by atoms with Crippen LogP contribution >= 0.6 is 11.6 Å². The largest absolute Gasteiger partial charge is 0.260 e. The van der Waals surface area contributed by atoms with E-state index in [0.717, 1.165) is 27.9 Å². The summed E-state index contributed by atoms with van der Waals surface area (Å²) >= 11 is 6.23. The van der Waals surface area contributed by atoms with E-state index in [0.29, 0.717) is 10.8 Å². The van der Waals surface area contributed by atoms with Crippen molar-refractivity contribution in [2.75, 3.05) is 5.43 Å². The number of halogens is 1. The summed E-state index contributed by atoms with van der Waals surface area (Å²) in [4.78, 5) is 0.192. The van der Waals surface area contributed by atoms with E-state index >= 15 is 0 Å². The van der Waals surface area contributed by atoms with E-state index in [1.54, 1.807) is 35.0 Å². The molecule has 4 aromatic rings. The van der Waals surface area contributed by atoms with E-state index in [9.17, 15) is 8.42 Å². The number of aromatic nitrogens is 2. The number of benzene rings is 3. The first kappa shape index (κ1) is 21.4. The number of sulfone groups is 1. The first-order chi connectivity index (χ1) is 15.9. The fourth-order valence-corrected chi connectivity index (χ4v) is 5.69. The van der Waals surface area contributed by atoms with Crippen molar-refractivity contribution < 1.29 is 8.42 Å². The molecule has 0 radical (unpaired) electrons. The smallest absolute Gasteiger partial charge is 0.224 e. The van der Waals surface area contributed by atoms with Crippen molar-refractivity contribution in [1.82, 2.24) is 9.78 Å². The summed E-state index contributed by atoms with van der Waals surface area (Å²) in [5.74, 6) is 0.617. The zero-order valence-corrected chi connectivity index (χ0v) is 19.6. The third kappa shape index (κ3) is 3.73. The Hall–Kier alpha value is -3.42. The minimum Gasteiger partial charge on any atom is -0.260 e. The van der Waals surface area contributed by atoms with E-state index in [4.69, 9.17) is 16.7 Å². The summed E-state index contributed by atoms with van der Waals surface area (Å²) in [6.45, 7) is 3.80. The van der Waals surface area contributed by atoms with Crippen LogP contribution in [0.25, 0.3) is 11.1 Å². The lowest BCUT2D eigenvalue weighted by Crippen LogP contribution is -2.33. The second-order valence-electron chi connectivity index (χ2n) is 7.96. The molecule has 2 heterocycles. The second-order valence-corrected chi connectivity index (χ2v) is 10.3. The monoisotopic (exact) mass is 476 g/mol. The molecular weight excluding hydrogens is 456 g/mol. The van der Waals surface area contributed by atoms with Gasteiger partial charge < -0.3 is 0 Å². The molecule has 0 saturated heterocycles. The Labute approximate surface area is 197 Å². The van der Waals surface area contributed by atoms with E-state index in [2.05, 4.69) is 10.5 Å². The fraction of sp³-hybridized carbons (Fsp3) is 0.120. The number of anilines is 1. The lowest BCUT2D eigenvalue weighted by molar-refractivity contribution is 0.594. The van der Waals surface area contributed by atoms with Crippen LogP contribution in [0, 0.1) is 13.8 Å². The van der Waals surface area contributed by atoms with Gasteiger partial charge in [-0.25, -0.2) is 13.1 Å². The minimum absolute atomic E-state index is 0.00908. The topological polar surface area (TPSA) is 76.3 Å². The average molecular weight is 477 g/mol. The number of hydrogen-bond donors (Lipinski definition) is 1. The standard InChI is InChI=1S/C25H21ClN4O2S/c1-16-11-13-21(14-12-16)33(31,32)25-23(18-7-4-3-5-8-18)30-24(27-28-25)22(17(2)29-30)19-9-6-10-20(26)15-19/h3-15,23,27H,1-2H3. The summed E-state index contributed by atoms with van der Waals surface area (Å²) in [5, 5.41) is 9.75. The number of nitrogens with zero attached hydrogens (tertiary/aromatic N) is 3. The Morgan fingerprint density at radius 3 is 2.36 bits per heavy atom. The Morgan fingerprint density at radius 1 is 0.939 bits per heavy atom. The molecule has 1 aromatic heterocycles. The van der Waals surface area contributed by atoms with Crippen molar-refractivity contribution in [3.8, 4) is 11.1 Å². The van der Waals surface area contributed by atoms with E-state index < -0.39 is 15.9 Å². The summed E-state index contributed by atoms with van der Waals surface area (Å²) < 4.78 is 29.0. The molecule has 0 spiro atoms. The lowest BCUT2D eigenvalue weighted by atomic mass is 10.0. The highest BCUT2D eigenvalue weighted by atomic mass is 35.5. The maximum absolute atomic E-state index is 13.7. The highest BCUT2D eigenvalue weighted by Gasteiger charge is 2.38. The molecule has 166 valence electrons. The van der Waals surface area contributed by atoms with Crippen molar-refractivity contribution >= 4 is 32.3 Å². The molecule has 3 aromatic carbocycles. The molecule has 8 heteroatoms. The van der Waals surface area contributed by atoms with Gasteiger partial charge >= 0.3 is 0 Å². The molecule has 0 saturated carbocycles. The third-order valence-corrected chi connectivity index (χ3v) is 7.66. The van der Waals surface area contributed by atoms with Crippen LogP contribution in [-0.4, -0.2) is 23.2 Å². The molecule has 1 aliphatic heterocycles. The summed E-state index contributed by atoms with van der Waals surface area (Å²) in [6, 6.07) is 22.9. The van der Waals surface area contributed by atoms with Crippen LogP contribution in [0.15, 0.2) is 88.9 Å². The molecule has 1 unspecified atom stereocenters. The first-order valence-corrected chi connectivity index (χ1v) is 12.3. The van der Waals surface area contributed by atoms with E-state index in [1.807, 2.05) is 62.4 Å². The Balaban J connectivity index is 1.71. The molecule has 6 nitrogen and oxygen atoms in total. The maximum Gasteiger partial charge on any atom is 0.224 e. The van der Waals surface area contributed by atoms with Crippen LogP contribution < -0.4 is 5.43 Å². The summed E-state index contributed by atoms with van der Waals surface area (Å²) in [5.41, 5.74) is 7.17. The van der Waals surface area contributed by atoms with Crippen molar-refractivity contribution in [2.45, 2.75) is 24.8 Å². The summed E-state index contributed by atoms with van der Waals surface area (Å²) in [7, 11) is -3.89. The van der Waals surface area contributed by atoms with Crippen molar-refractivity contribution in [1.29, 1.82) is 0 Å². The number of nitrogens with one attached hydrogen (secondary N) is 1. The Kier molecular flexibility index (Phi) is 5.31. The van der Waals surface area contributed by atoms with Gasteiger partial charge in [-0.15, -0.1) is 0 Å². The van der Waals surface area contributed by atoms with Gasteiger partial charge in [0, 0.05) is 10.6 Å². The van der Waals surface area contributed by atoms with E-state index in [-0.39, 0.29) is 9.94 Å². The normalized spacial score (nSPS) is 15.5. The van der Waals surface area contributed by atoms with E-state index in [1.165, 1.54) is 0 Å². The number of rotatable bonds is 3. The number of hydrazone groups is 1. The van der Waals surface area contributed by atoms with Crippen LogP contribution in [-0.2, 0) is 9.84 Å². The van der Waals surface area contributed by atoms with Crippen LogP contribution in [0.2, 0.25) is 5.02 Å². The molecule has 0 fully saturated rings. The van der Waals surface area contributed by atoms with Crippen molar-refractivity contribution in [3.63, 3.8) is 0 Å². The minimum atomic E-state index is -3.89. The molecule has 33 heavy (non-hydrogen) atoms. The van der Waals surface area contributed by atoms with Crippen molar-refractivity contribution in [2.24, 2.45) is 5.10 Å². The van der Waals surface area contributed by atoms with Gasteiger partial charge in [-0.1, -0.05) is 71.8 Å². The van der Waals surface area contributed by atoms with Gasteiger partial charge in [-0.3, -0.25) is 5.43 Å². The number of aryl methyl sites for hydroxylation is 2. The van der Waals surface area contributed by atoms with Crippen LogP contribution in [0.1, 0.15) is 22.9 Å². The molecular formula is C25H21ClN4O2S. The van der Waals surface area contributed by atoms with Gasteiger partial charge in [0.1, 0.15) is 6.04 Å². The highest BCUT2D eigenvalue weighted by molar-refractivity contribution is 8.06. The van der Waals surface area contributed by atoms with Gasteiger partial charge in [-0.05, 0) is 49.2 Å². The van der Waals surface area contributed by atoms with Gasteiger partial charge in [-0.2, -0.15) is 10.2 Å². The first-order valence-electron chi connectivity index (χ1n) is 10.4. The molecule has 1 N–H and O–H groups in total. The molecule has 0 aliphatic carbocycles. The Bertz CT molecular complexity index is 1480. The van der Waals surface area contributed by atoms with Gasteiger partial charge in [0.15, 0.2) is 10.9 Å². The SMILES string of the molecule is Cc1ccc(S(=O)(=O)C2=NNc3c(-c4cccc(Cl)c4)c(C)nn3C2c2ccccc2)cc1. The molecule has 0 amide bonds.